The molecule has 0 N–H and O–H groups in total. The van der Waals surface area contributed by atoms with Crippen molar-refractivity contribution < 1.29 is 4.42 Å². The number of hydrogen-bond acceptors (Lipinski definition) is 3. The second-order valence-corrected chi connectivity index (χ2v) is 16.3. The Bertz CT molecular complexity index is 3540. The Morgan fingerprint density at radius 1 is 0.322 bits per heavy atom. The van der Waals surface area contributed by atoms with Gasteiger partial charge in [0.05, 0.1) is 0 Å². The molecule has 0 unspecified atom stereocenters. The van der Waals surface area contributed by atoms with Crippen LogP contribution in [0.4, 0.5) is 17.1 Å². The minimum atomic E-state index is 0.910. The fourth-order valence-electron chi connectivity index (χ4n) is 8.97. The average Bonchev–Trinajstić information content (AvgIpc) is 3.88. The van der Waals surface area contributed by atoms with E-state index in [0.717, 1.165) is 55.5 Å². The van der Waals surface area contributed by atoms with Crippen LogP contribution in [0.2, 0.25) is 0 Å². The zero-order chi connectivity index (χ0) is 38.9. The van der Waals surface area contributed by atoms with Gasteiger partial charge in [0.25, 0.3) is 0 Å². The highest BCUT2D eigenvalue weighted by Crippen LogP contribution is 2.43. The number of hydrogen-bond donors (Lipinski definition) is 0. The van der Waals surface area contributed by atoms with Crippen molar-refractivity contribution in [3.8, 4) is 33.4 Å². The van der Waals surface area contributed by atoms with Crippen LogP contribution < -0.4 is 4.90 Å². The van der Waals surface area contributed by atoms with E-state index in [0.29, 0.717) is 0 Å². The standard InChI is InChI=1S/C56H35NOS/c1-2-10-36(11-3-1)41-13-8-14-45(34-41)57(43-28-22-37(23-29-43)42-27-33-53-51(35-42)48-16-6-7-19-52(48)59-53)44-30-24-39(25-31-44)47-17-9-18-49-50-32-26-40-21-20-38-12-4-5-15-46(38)54(40)56(50)58-55(47)49/h1-35H. The van der Waals surface area contributed by atoms with Gasteiger partial charge in [-0.2, -0.15) is 0 Å². The van der Waals surface area contributed by atoms with E-state index in [1.165, 1.54) is 58.6 Å². The van der Waals surface area contributed by atoms with Crippen LogP contribution in [0.25, 0.3) is 97.0 Å². The first-order valence-electron chi connectivity index (χ1n) is 20.1. The van der Waals surface area contributed by atoms with Gasteiger partial charge < -0.3 is 9.32 Å². The van der Waals surface area contributed by atoms with Gasteiger partial charge in [-0.1, -0.05) is 152 Å². The highest BCUT2D eigenvalue weighted by Gasteiger charge is 2.18. The number of anilines is 3. The maximum atomic E-state index is 6.91. The van der Waals surface area contributed by atoms with Crippen LogP contribution >= 0.6 is 11.3 Å². The third-order valence-electron chi connectivity index (χ3n) is 11.9. The van der Waals surface area contributed by atoms with Crippen molar-refractivity contribution >= 4 is 92.1 Å². The van der Waals surface area contributed by atoms with Gasteiger partial charge >= 0.3 is 0 Å². The Morgan fingerprint density at radius 2 is 0.915 bits per heavy atom. The molecule has 0 saturated heterocycles. The summed E-state index contributed by atoms with van der Waals surface area (Å²) in [7, 11) is 0. The Labute approximate surface area is 345 Å². The predicted octanol–water partition coefficient (Wildman–Crippen LogP) is 16.7. The lowest BCUT2D eigenvalue weighted by atomic mass is 9.98. The summed E-state index contributed by atoms with van der Waals surface area (Å²) >= 11 is 1.86. The summed E-state index contributed by atoms with van der Waals surface area (Å²) in [5.74, 6) is 0. The molecular weight excluding hydrogens is 735 g/mol. The summed E-state index contributed by atoms with van der Waals surface area (Å²) in [4.78, 5) is 2.36. The van der Waals surface area contributed by atoms with E-state index >= 15 is 0 Å². The van der Waals surface area contributed by atoms with Crippen molar-refractivity contribution in [3.63, 3.8) is 0 Å². The lowest BCUT2D eigenvalue weighted by Gasteiger charge is -2.26. The number of rotatable bonds is 6. The quantitative estimate of drug-likeness (QED) is 0.157. The summed E-state index contributed by atoms with van der Waals surface area (Å²) in [6, 6.07) is 76.8. The molecule has 2 heterocycles. The molecule has 0 amide bonds. The van der Waals surface area contributed by atoms with Crippen molar-refractivity contribution in [1.82, 2.24) is 0 Å². The zero-order valence-corrected chi connectivity index (χ0v) is 32.8. The highest BCUT2D eigenvalue weighted by atomic mass is 32.1. The van der Waals surface area contributed by atoms with Gasteiger partial charge in [0.15, 0.2) is 0 Å². The fourth-order valence-corrected chi connectivity index (χ4v) is 10.1. The molecule has 2 aromatic heterocycles. The Balaban J connectivity index is 0.960. The van der Waals surface area contributed by atoms with E-state index < -0.39 is 0 Å². The maximum Gasteiger partial charge on any atom is 0.143 e. The van der Waals surface area contributed by atoms with Gasteiger partial charge in [0.2, 0.25) is 0 Å². The summed E-state index contributed by atoms with van der Waals surface area (Å²) in [5.41, 5.74) is 12.1. The van der Waals surface area contributed by atoms with Gasteiger partial charge in [-0.15, -0.1) is 11.3 Å². The smallest absolute Gasteiger partial charge is 0.143 e. The molecule has 0 spiro atoms. The molecule has 0 radical (unpaired) electrons. The molecule has 0 aliphatic rings. The summed E-state index contributed by atoms with van der Waals surface area (Å²) in [6.45, 7) is 0. The van der Waals surface area contributed by atoms with Gasteiger partial charge in [0, 0.05) is 59.0 Å². The molecule has 0 fully saturated rings. The maximum absolute atomic E-state index is 6.91. The van der Waals surface area contributed by atoms with Gasteiger partial charge in [-0.05, 0) is 105 Å². The molecule has 276 valence electrons. The average molecular weight is 770 g/mol. The topological polar surface area (TPSA) is 16.4 Å². The number of nitrogens with zero attached hydrogens (tertiary/aromatic N) is 1. The Morgan fingerprint density at radius 3 is 1.76 bits per heavy atom. The predicted molar refractivity (Wildman–Crippen MR) is 253 cm³/mol. The lowest BCUT2D eigenvalue weighted by Crippen LogP contribution is -2.10. The second-order valence-electron chi connectivity index (χ2n) is 15.3. The van der Waals surface area contributed by atoms with E-state index in [2.05, 4.69) is 217 Å². The van der Waals surface area contributed by atoms with Gasteiger partial charge in [-0.25, -0.2) is 0 Å². The van der Waals surface area contributed by atoms with Crippen molar-refractivity contribution in [2.75, 3.05) is 4.90 Å². The molecule has 12 aromatic rings. The number of para-hydroxylation sites is 1. The molecule has 10 aromatic carbocycles. The second kappa shape index (κ2) is 13.6. The van der Waals surface area contributed by atoms with E-state index in [4.69, 9.17) is 4.42 Å². The van der Waals surface area contributed by atoms with Crippen LogP contribution in [0.1, 0.15) is 0 Å². The summed E-state index contributed by atoms with van der Waals surface area (Å²) in [6.07, 6.45) is 0. The normalized spacial score (nSPS) is 11.7. The van der Waals surface area contributed by atoms with Crippen LogP contribution in [0.3, 0.4) is 0 Å². The molecule has 2 nitrogen and oxygen atoms in total. The molecule has 0 saturated carbocycles. The van der Waals surface area contributed by atoms with Crippen molar-refractivity contribution in [1.29, 1.82) is 0 Å². The fraction of sp³-hybridized carbons (Fsp3) is 0. The third-order valence-corrected chi connectivity index (χ3v) is 13.0. The number of fused-ring (bicyclic) bond motifs is 10. The Hall–Kier alpha value is -7.46. The monoisotopic (exact) mass is 769 g/mol. The van der Waals surface area contributed by atoms with E-state index in [1.54, 1.807) is 0 Å². The molecule has 59 heavy (non-hydrogen) atoms. The molecule has 3 heteroatoms. The van der Waals surface area contributed by atoms with Crippen molar-refractivity contribution in [3.05, 3.63) is 212 Å². The van der Waals surface area contributed by atoms with Crippen LogP contribution in [0.15, 0.2) is 217 Å². The van der Waals surface area contributed by atoms with Crippen LogP contribution in [-0.4, -0.2) is 0 Å². The molecule has 0 atom stereocenters. The first-order valence-corrected chi connectivity index (χ1v) is 20.9. The van der Waals surface area contributed by atoms with Crippen LogP contribution in [0, 0.1) is 0 Å². The minimum absolute atomic E-state index is 0.910. The first-order chi connectivity index (χ1) is 29.2. The lowest BCUT2D eigenvalue weighted by molar-refractivity contribution is 0.674. The van der Waals surface area contributed by atoms with Crippen LogP contribution in [0.5, 0.6) is 0 Å². The number of thiophene rings is 1. The molecule has 12 rings (SSSR count). The third kappa shape index (κ3) is 5.62. The van der Waals surface area contributed by atoms with E-state index in [-0.39, 0.29) is 0 Å². The summed E-state index contributed by atoms with van der Waals surface area (Å²) < 4.78 is 9.55. The minimum Gasteiger partial charge on any atom is -0.455 e. The van der Waals surface area contributed by atoms with E-state index in [1.807, 2.05) is 11.3 Å². The number of furan rings is 1. The highest BCUT2D eigenvalue weighted by molar-refractivity contribution is 7.25. The SMILES string of the molecule is c1ccc(-c2cccc(N(c3ccc(-c4ccc5sc6ccccc6c5c4)cc3)c3ccc(-c4cccc5c4oc4c5ccc5ccc6ccccc6c54)cc3)c2)cc1. The molecular formula is C56H35NOS. The van der Waals surface area contributed by atoms with E-state index in [9.17, 15) is 0 Å². The molecule has 0 aliphatic heterocycles. The van der Waals surface area contributed by atoms with Gasteiger partial charge in [0.1, 0.15) is 11.2 Å². The number of benzene rings is 10. The largest absolute Gasteiger partial charge is 0.455 e. The Kier molecular flexibility index (Phi) is 7.75. The van der Waals surface area contributed by atoms with Crippen LogP contribution in [-0.2, 0) is 0 Å². The van der Waals surface area contributed by atoms with Gasteiger partial charge in [-0.3, -0.25) is 0 Å². The molecule has 0 bridgehead atoms. The van der Waals surface area contributed by atoms with Crippen molar-refractivity contribution in [2.45, 2.75) is 0 Å². The first kappa shape index (κ1) is 33.7. The summed E-state index contributed by atoms with van der Waals surface area (Å²) in [5, 5.41) is 9.67. The molecule has 0 aliphatic carbocycles. The zero-order valence-electron chi connectivity index (χ0n) is 32.0. The van der Waals surface area contributed by atoms with Crippen molar-refractivity contribution in [2.24, 2.45) is 0 Å².